The lowest BCUT2D eigenvalue weighted by Crippen LogP contribution is -2.64. The number of fused-ring (bicyclic) bond motifs is 5. The van der Waals surface area contributed by atoms with Gasteiger partial charge in [0.15, 0.2) is 0 Å². The molecule has 0 aromatic carbocycles. The lowest BCUT2D eigenvalue weighted by Gasteiger charge is -2.66. The molecule has 4 aliphatic rings. The van der Waals surface area contributed by atoms with Gasteiger partial charge in [-0.15, -0.1) is 0 Å². The number of rotatable bonds is 0. The molecule has 4 heteroatoms. The molecule has 0 radical (unpaired) electrons. The topological polar surface area (TPSA) is 40.5 Å². The van der Waals surface area contributed by atoms with E-state index in [9.17, 15) is 10.2 Å². The summed E-state index contributed by atoms with van der Waals surface area (Å²) in [5.41, 5.74) is 0.227. The first-order valence-electron chi connectivity index (χ1n) is 9.49. The van der Waals surface area contributed by atoms with Crippen molar-refractivity contribution in [1.82, 2.24) is 0 Å². The van der Waals surface area contributed by atoms with Crippen LogP contribution in [0.25, 0.3) is 0 Å². The molecule has 0 aliphatic heterocycles. The Bertz CT molecular complexity index is 500. The van der Waals surface area contributed by atoms with Gasteiger partial charge >= 0.3 is 0 Å². The summed E-state index contributed by atoms with van der Waals surface area (Å²) in [6.45, 7) is 4.74. The Morgan fingerprint density at radius 1 is 0.957 bits per heavy atom. The van der Waals surface area contributed by atoms with Crippen LogP contribution in [-0.2, 0) is 0 Å². The van der Waals surface area contributed by atoms with Crippen LogP contribution in [0.5, 0.6) is 0 Å². The molecule has 132 valence electrons. The van der Waals surface area contributed by atoms with E-state index in [1.54, 1.807) is 0 Å². The van der Waals surface area contributed by atoms with Crippen LogP contribution in [0.2, 0.25) is 0 Å². The Kier molecular flexibility index (Phi) is 3.94. The van der Waals surface area contributed by atoms with Crippen molar-refractivity contribution < 1.29 is 10.2 Å². The first kappa shape index (κ1) is 17.1. The van der Waals surface area contributed by atoms with E-state index in [0.717, 1.165) is 32.1 Å². The highest BCUT2D eigenvalue weighted by atomic mass is 32.1. The summed E-state index contributed by atoms with van der Waals surface area (Å²) in [7, 11) is 0. The molecule has 9 atom stereocenters. The Morgan fingerprint density at radius 3 is 2.43 bits per heavy atom. The van der Waals surface area contributed by atoms with E-state index in [-0.39, 0.29) is 33.0 Å². The second-order valence-corrected chi connectivity index (χ2v) is 11.0. The molecule has 0 heterocycles. The highest BCUT2D eigenvalue weighted by Crippen LogP contribution is 2.69. The maximum Gasteiger partial charge on any atom is 0.0596 e. The fraction of sp³-hybridized carbons (Fsp3) is 1.00. The summed E-state index contributed by atoms with van der Waals surface area (Å²) < 4.78 is -0.0801. The van der Waals surface area contributed by atoms with Crippen LogP contribution in [0.15, 0.2) is 0 Å². The molecular formula is C19H32O2S2. The molecule has 2 N–H and O–H groups in total. The van der Waals surface area contributed by atoms with Crippen LogP contribution in [0.1, 0.15) is 65.2 Å². The van der Waals surface area contributed by atoms with E-state index in [1.807, 2.05) is 0 Å². The maximum atomic E-state index is 10.5. The van der Waals surface area contributed by atoms with Gasteiger partial charge in [0, 0.05) is 10.00 Å². The fourth-order valence-corrected chi connectivity index (χ4v) is 8.73. The molecule has 23 heavy (non-hydrogen) atoms. The molecule has 0 aromatic rings. The smallest absolute Gasteiger partial charge is 0.0596 e. The van der Waals surface area contributed by atoms with Gasteiger partial charge in [-0.05, 0) is 80.0 Å². The molecule has 4 rings (SSSR count). The van der Waals surface area contributed by atoms with E-state index >= 15 is 0 Å². The second kappa shape index (κ2) is 5.31. The van der Waals surface area contributed by atoms with Crippen molar-refractivity contribution >= 4 is 25.3 Å². The zero-order chi connectivity index (χ0) is 16.6. The van der Waals surface area contributed by atoms with Crippen LogP contribution in [0.4, 0.5) is 0 Å². The molecule has 0 spiro atoms. The van der Waals surface area contributed by atoms with Crippen molar-refractivity contribution in [1.29, 1.82) is 0 Å². The summed E-state index contributed by atoms with van der Waals surface area (Å²) in [5.74, 6) is 2.02. The van der Waals surface area contributed by atoms with Crippen molar-refractivity contribution in [2.45, 2.75) is 87.4 Å². The SMILES string of the molecule is CC12CCC3C(CCC4(S)CC(O)CC(S)C34C)C1CCC2O. The van der Waals surface area contributed by atoms with Crippen molar-refractivity contribution in [3.8, 4) is 0 Å². The zero-order valence-corrected chi connectivity index (χ0v) is 16.2. The van der Waals surface area contributed by atoms with E-state index in [2.05, 4.69) is 13.8 Å². The van der Waals surface area contributed by atoms with Crippen LogP contribution >= 0.6 is 25.3 Å². The summed E-state index contributed by atoms with van der Waals surface area (Å²) in [4.78, 5) is 0. The van der Waals surface area contributed by atoms with E-state index in [1.165, 1.54) is 19.3 Å². The maximum absolute atomic E-state index is 10.5. The predicted molar refractivity (Wildman–Crippen MR) is 100 cm³/mol. The predicted octanol–water partition coefficient (Wildman–Crippen LogP) is 3.71. The highest BCUT2D eigenvalue weighted by molar-refractivity contribution is 7.82. The first-order valence-corrected chi connectivity index (χ1v) is 10.5. The van der Waals surface area contributed by atoms with Gasteiger partial charge in [0.2, 0.25) is 0 Å². The van der Waals surface area contributed by atoms with Crippen LogP contribution in [0.3, 0.4) is 0 Å². The van der Waals surface area contributed by atoms with Crippen molar-refractivity contribution in [3.63, 3.8) is 0 Å². The van der Waals surface area contributed by atoms with Gasteiger partial charge in [-0.3, -0.25) is 0 Å². The zero-order valence-electron chi connectivity index (χ0n) is 14.4. The monoisotopic (exact) mass is 356 g/mol. The summed E-state index contributed by atoms with van der Waals surface area (Å²) in [6, 6.07) is 0. The lowest BCUT2D eigenvalue weighted by molar-refractivity contribution is -0.118. The summed E-state index contributed by atoms with van der Waals surface area (Å²) >= 11 is 10.2. The first-order chi connectivity index (χ1) is 10.7. The molecule has 0 saturated heterocycles. The van der Waals surface area contributed by atoms with Gasteiger partial charge in [-0.2, -0.15) is 25.3 Å². The molecule has 2 nitrogen and oxygen atoms in total. The van der Waals surface area contributed by atoms with Gasteiger partial charge in [0.05, 0.1) is 12.2 Å². The molecule has 4 fully saturated rings. The third kappa shape index (κ3) is 2.10. The molecule has 0 amide bonds. The van der Waals surface area contributed by atoms with Gasteiger partial charge in [0.25, 0.3) is 0 Å². The van der Waals surface area contributed by atoms with E-state index in [0.29, 0.717) is 17.8 Å². The van der Waals surface area contributed by atoms with Crippen molar-refractivity contribution in [3.05, 3.63) is 0 Å². The average molecular weight is 357 g/mol. The Morgan fingerprint density at radius 2 is 1.70 bits per heavy atom. The molecule has 4 saturated carbocycles. The molecule has 0 bridgehead atoms. The molecule has 4 aliphatic carbocycles. The quantitative estimate of drug-likeness (QED) is 0.500. The highest BCUT2D eigenvalue weighted by Gasteiger charge is 2.65. The molecule has 0 aromatic heterocycles. The summed E-state index contributed by atoms with van der Waals surface area (Å²) in [6.07, 6.45) is 8.07. The molecular weight excluding hydrogens is 324 g/mol. The molecule has 9 unspecified atom stereocenters. The van der Waals surface area contributed by atoms with E-state index in [4.69, 9.17) is 25.3 Å². The summed E-state index contributed by atoms with van der Waals surface area (Å²) in [5, 5.41) is 21.1. The van der Waals surface area contributed by atoms with Gasteiger partial charge in [0.1, 0.15) is 0 Å². The third-order valence-corrected chi connectivity index (χ3v) is 10.4. The van der Waals surface area contributed by atoms with Gasteiger partial charge in [-0.25, -0.2) is 0 Å². The minimum Gasteiger partial charge on any atom is -0.393 e. The number of aliphatic hydroxyl groups is 2. The van der Waals surface area contributed by atoms with Crippen LogP contribution < -0.4 is 0 Å². The average Bonchev–Trinajstić information content (AvgIpc) is 2.77. The van der Waals surface area contributed by atoms with Crippen molar-refractivity contribution in [2.24, 2.45) is 28.6 Å². The Balaban J connectivity index is 1.70. The van der Waals surface area contributed by atoms with Crippen LogP contribution in [0, 0.1) is 28.6 Å². The lowest BCUT2D eigenvalue weighted by atomic mass is 9.44. The largest absolute Gasteiger partial charge is 0.393 e. The number of hydrogen-bond acceptors (Lipinski definition) is 4. The third-order valence-electron chi connectivity index (χ3n) is 8.81. The Hall–Kier alpha value is 0.620. The van der Waals surface area contributed by atoms with E-state index < -0.39 is 0 Å². The standard InChI is InChI=1S/C19H32O2S2/c1-17-7-6-14-12(13(17)3-4-15(17)21)5-8-19(23)10-11(20)9-16(22)18(14,19)2/h11-16,20-23H,3-10H2,1-2H3. The number of aliphatic hydroxyl groups excluding tert-OH is 2. The van der Waals surface area contributed by atoms with Crippen LogP contribution in [-0.4, -0.2) is 32.4 Å². The minimum absolute atomic E-state index is 0.0801. The van der Waals surface area contributed by atoms with Gasteiger partial charge < -0.3 is 10.2 Å². The number of hydrogen-bond donors (Lipinski definition) is 4. The normalized spacial score (nSPS) is 62.3. The number of thiol groups is 2. The minimum atomic E-state index is -0.248. The van der Waals surface area contributed by atoms with Crippen molar-refractivity contribution in [2.75, 3.05) is 0 Å². The van der Waals surface area contributed by atoms with Gasteiger partial charge in [-0.1, -0.05) is 13.8 Å². The second-order valence-electron chi connectivity index (χ2n) is 9.48. The fourth-order valence-electron chi connectivity index (χ4n) is 7.28. The Labute approximate surface area is 151 Å².